The molecule has 0 atom stereocenters. The number of nitrogens with zero attached hydrogens (tertiary/aromatic N) is 1. The normalized spacial score (nSPS) is 15.0. The number of halogens is 4. The number of benzene rings is 3. The molecule has 0 aliphatic carbocycles. The van der Waals surface area contributed by atoms with E-state index in [1.54, 1.807) is 12.1 Å². The third-order valence-corrected chi connectivity index (χ3v) is 6.18. The molecule has 0 spiro atoms. The van der Waals surface area contributed by atoms with E-state index in [1.165, 1.54) is 30.3 Å². The van der Waals surface area contributed by atoms with E-state index in [2.05, 4.69) is 21.2 Å². The van der Waals surface area contributed by atoms with Gasteiger partial charge < -0.3 is 4.74 Å². The average Bonchev–Trinajstić information content (AvgIpc) is 2.78. The van der Waals surface area contributed by atoms with Crippen molar-refractivity contribution in [3.63, 3.8) is 0 Å². The lowest BCUT2D eigenvalue weighted by Gasteiger charge is -2.27. The highest BCUT2D eigenvalue weighted by molar-refractivity contribution is 9.10. The largest absolute Gasteiger partial charge is 0.487 e. The van der Waals surface area contributed by atoms with Gasteiger partial charge in [0, 0.05) is 15.1 Å². The molecule has 4 rings (SSSR count). The molecular weight excluding hydrogens is 567 g/mol. The predicted octanol–water partition coefficient (Wildman–Crippen LogP) is 6.65. The van der Waals surface area contributed by atoms with Gasteiger partial charge in [-0.1, -0.05) is 75.0 Å². The Kier molecular flexibility index (Phi) is 7.28. The molecule has 0 saturated carbocycles. The molecule has 172 valence electrons. The number of barbiturate groups is 1. The van der Waals surface area contributed by atoms with Gasteiger partial charge in [0.25, 0.3) is 11.8 Å². The van der Waals surface area contributed by atoms with Crippen molar-refractivity contribution in [2.24, 2.45) is 0 Å². The fourth-order valence-electron chi connectivity index (χ4n) is 3.24. The van der Waals surface area contributed by atoms with Crippen LogP contribution in [0.1, 0.15) is 11.1 Å². The molecule has 1 fully saturated rings. The summed E-state index contributed by atoms with van der Waals surface area (Å²) in [5, 5.41) is 2.79. The van der Waals surface area contributed by atoms with E-state index in [0.717, 1.165) is 14.9 Å². The lowest BCUT2D eigenvalue weighted by Crippen LogP contribution is -2.54. The van der Waals surface area contributed by atoms with Crippen molar-refractivity contribution in [1.82, 2.24) is 5.32 Å². The van der Waals surface area contributed by atoms with Crippen LogP contribution in [0.25, 0.3) is 6.08 Å². The minimum absolute atomic E-state index is 0.140. The number of nitrogens with one attached hydrogen (secondary N) is 1. The van der Waals surface area contributed by atoms with Crippen LogP contribution >= 0.6 is 50.7 Å². The summed E-state index contributed by atoms with van der Waals surface area (Å²) in [6.45, 7) is 0.176. The van der Waals surface area contributed by atoms with Gasteiger partial charge in [0.1, 0.15) is 17.9 Å². The maximum Gasteiger partial charge on any atom is 0.335 e. The second kappa shape index (κ2) is 10.2. The van der Waals surface area contributed by atoms with Crippen molar-refractivity contribution in [3.8, 4) is 5.75 Å². The molecule has 3 aromatic carbocycles. The quantitative estimate of drug-likeness (QED) is 0.271. The number of carbonyl (C=O) groups excluding carboxylic acids is 3. The first-order valence-electron chi connectivity index (χ1n) is 9.77. The standard InChI is InChI=1S/C24H14BrCl3N2O4/c25-15-7-5-13(6-8-15)12-34-21-14(9-16(26)11-19(21)28)10-17-22(31)29-24(33)30(23(17)32)20-4-2-1-3-18(20)27/h1-11H,12H2,(H,29,31,33)/b17-10+. The maximum absolute atomic E-state index is 13.2. The van der Waals surface area contributed by atoms with Crippen molar-refractivity contribution in [3.05, 3.63) is 96.9 Å². The molecule has 0 bridgehead atoms. The Morgan fingerprint density at radius 1 is 0.941 bits per heavy atom. The molecule has 0 aromatic heterocycles. The van der Waals surface area contributed by atoms with Crippen LogP contribution in [-0.4, -0.2) is 17.8 Å². The van der Waals surface area contributed by atoms with Crippen LogP contribution in [0, 0.1) is 0 Å². The van der Waals surface area contributed by atoms with Gasteiger partial charge in [-0.05, 0) is 48.0 Å². The molecular formula is C24H14BrCl3N2O4. The maximum atomic E-state index is 13.2. The number of anilines is 1. The summed E-state index contributed by atoms with van der Waals surface area (Å²) in [4.78, 5) is 39.0. The minimum atomic E-state index is -0.906. The Morgan fingerprint density at radius 3 is 2.35 bits per heavy atom. The monoisotopic (exact) mass is 578 g/mol. The van der Waals surface area contributed by atoms with Crippen molar-refractivity contribution in [2.45, 2.75) is 6.61 Å². The minimum Gasteiger partial charge on any atom is -0.487 e. The zero-order valence-corrected chi connectivity index (χ0v) is 21.0. The van der Waals surface area contributed by atoms with Crippen LogP contribution in [0.4, 0.5) is 10.5 Å². The summed E-state index contributed by atoms with van der Waals surface area (Å²) < 4.78 is 6.84. The van der Waals surface area contributed by atoms with E-state index in [1.807, 2.05) is 24.3 Å². The second-order valence-electron chi connectivity index (χ2n) is 7.13. The summed E-state index contributed by atoms with van der Waals surface area (Å²) in [5.74, 6) is -1.49. The van der Waals surface area contributed by atoms with E-state index in [-0.39, 0.29) is 38.7 Å². The number of hydrogen-bond donors (Lipinski definition) is 1. The molecule has 34 heavy (non-hydrogen) atoms. The van der Waals surface area contributed by atoms with E-state index in [0.29, 0.717) is 5.56 Å². The predicted molar refractivity (Wildman–Crippen MR) is 135 cm³/mol. The van der Waals surface area contributed by atoms with Crippen LogP contribution in [0.15, 0.2) is 70.7 Å². The molecule has 6 nitrogen and oxygen atoms in total. The van der Waals surface area contributed by atoms with Crippen molar-refractivity contribution in [2.75, 3.05) is 4.90 Å². The molecule has 3 aromatic rings. The van der Waals surface area contributed by atoms with Crippen molar-refractivity contribution in [1.29, 1.82) is 0 Å². The summed E-state index contributed by atoms with van der Waals surface area (Å²) in [6.07, 6.45) is 1.28. The topological polar surface area (TPSA) is 75.7 Å². The molecule has 0 radical (unpaired) electrons. The van der Waals surface area contributed by atoms with Crippen LogP contribution in [-0.2, 0) is 16.2 Å². The number of para-hydroxylation sites is 1. The zero-order valence-electron chi connectivity index (χ0n) is 17.2. The van der Waals surface area contributed by atoms with Crippen LogP contribution in [0.5, 0.6) is 5.75 Å². The first-order valence-corrected chi connectivity index (χ1v) is 11.7. The lowest BCUT2D eigenvalue weighted by molar-refractivity contribution is -0.122. The smallest absolute Gasteiger partial charge is 0.335 e. The van der Waals surface area contributed by atoms with Crippen LogP contribution < -0.4 is 15.0 Å². The molecule has 0 unspecified atom stereocenters. The van der Waals surface area contributed by atoms with Crippen molar-refractivity contribution >= 4 is 80.3 Å². The van der Waals surface area contributed by atoms with Crippen LogP contribution in [0.2, 0.25) is 15.1 Å². The third kappa shape index (κ3) is 5.13. The second-order valence-corrected chi connectivity index (χ2v) is 9.30. The van der Waals surface area contributed by atoms with Gasteiger partial charge in [-0.15, -0.1) is 0 Å². The number of imide groups is 2. The summed E-state index contributed by atoms with van der Waals surface area (Å²) in [6, 6.07) is 15.9. The average molecular weight is 581 g/mol. The fourth-order valence-corrected chi connectivity index (χ4v) is 4.29. The Hall–Kier alpha value is -2.84. The molecule has 4 amide bonds. The Morgan fingerprint density at radius 2 is 1.65 bits per heavy atom. The molecule has 1 aliphatic heterocycles. The van der Waals surface area contributed by atoms with E-state index < -0.39 is 17.8 Å². The highest BCUT2D eigenvalue weighted by atomic mass is 79.9. The summed E-state index contributed by atoms with van der Waals surface area (Å²) in [7, 11) is 0. The number of hydrogen-bond acceptors (Lipinski definition) is 4. The highest BCUT2D eigenvalue weighted by Crippen LogP contribution is 2.36. The molecule has 1 aliphatic rings. The fraction of sp³-hybridized carbons (Fsp3) is 0.0417. The molecule has 1 saturated heterocycles. The third-order valence-electron chi connectivity index (χ3n) is 4.83. The number of urea groups is 1. The number of amides is 4. The van der Waals surface area contributed by atoms with Gasteiger partial charge >= 0.3 is 6.03 Å². The number of ether oxygens (including phenoxy) is 1. The lowest BCUT2D eigenvalue weighted by atomic mass is 10.1. The number of rotatable bonds is 5. The molecule has 1 heterocycles. The summed E-state index contributed by atoms with van der Waals surface area (Å²) >= 11 is 22.1. The van der Waals surface area contributed by atoms with Gasteiger partial charge in [-0.3, -0.25) is 14.9 Å². The summed E-state index contributed by atoms with van der Waals surface area (Å²) in [5.41, 5.74) is 0.989. The van der Waals surface area contributed by atoms with Gasteiger partial charge in [-0.25, -0.2) is 9.69 Å². The SMILES string of the molecule is O=C1NC(=O)N(c2ccccc2Cl)C(=O)/C1=C/c1cc(Cl)cc(Cl)c1OCc1ccc(Br)cc1. The van der Waals surface area contributed by atoms with Gasteiger partial charge in [-0.2, -0.15) is 0 Å². The number of carbonyl (C=O) groups is 3. The Bertz CT molecular complexity index is 1340. The molecule has 10 heteroatoms. The van der Waals surface area contributed by atoms with E-state index in [9.17, 15) is 14.4 Å². The van der Waals surface area contributed by atoms with Gasteiger partial charge in [0.15, 0.2) is 0 Å². The van der Waals surface area contributed by atoms with Crippen molar-refractivity contribution < 1.29 is 19.1 Å². The van der Waals surface area contributed by atoms with Gasteiger partial charge in [0.05, 0.1) is 15.7 Å². The first-order chi connectivity index (χ1) is 16.2. The van der Waals surface area contributed by atoms with E-state index in [4.69, 9.17) is 39.5 Å². The van der Waals surface area contributed by atoms with Gasteiger partial charge in [0.2, 0.25) is 0 Å². The molecule has 1 N–H and O–H groups in total. The Balaban J connectivity index is 1.72. The van der Waals surface area contributed by atoms with Crippen LogP contribution in [0.3, 0.4) is 0 Å². The van der Waals surface area contributed by atoms with E-state index >= 15 is 0 Å². The zero-order chi connectivity index (χ0) is 24.4. The Labute approximate surface area is 218 Å². The first kappa shape index (κ1) is 24.3. The highest BCUT2D eigenvalue weighted by Gasteiger charge is 2.37.